The number of carbonyl (C=O) groups is 1. The summed E-state index contributed by atoms with van der Waals surface area (Å²) in [6.07, 6.45) is 2.10. The van der Waals surface area contributed by atoms with Gasteiger partial charge < -0.3 is 10.6 Å². The zero-order valence-electron chi connectivity index (χ0n) is 10.7. The van der Waals surface area contributed by atoms with E-state index in [4.69, 9.17) is 0 Å². The average Bonchev–Trinajstić information content (AvgIpc) is 2.40. The number of hydrogen-bond acceptors (Lipinski definition) is 2. The lowest BCUT2D eigenvalue weighted by Crippen LogP contribution is -2.41. The van der Waals surface area contributed by atoms with Crippen LogP contribution in [-0.4, -0.2) is 19.0 Å². The van der Waals surface area contributed by atoms with Gasteiger partial charge in [0.05, 0.1) is 12.0 Å². The van der Waals surface area contributed by atoms with Gasteiger partial charge in [0, 0.05) is 6.54 Å². The van der Waals surface area contributed by atoms with Gasteiger partial charge in [0.25, 0.3) is 0 Å². The third-order valence-corrected chi connectivity index (χ3v) is 3.33. The van der Waals surface area contributed by atoms with Gasteiger partial charge in [-0.3, -0.25) is 4.79 Å². The Labute approximate surface area is 115 Å². The first kappa shape index (κ1) is 15.0. The van der Waals surface area contributed by atoms with Crippen LogP contribution in [0.1, 0.15) is 31.4 Å². The van der Waals surface area contributed by atoms with Crippen LogP contribution in [0.2, 0.25) is 0 Å². The molecular weight excluding hydrogens is 248 g/mol. The summed E-state index contributed by atoms with van der Waals surface area (Å²) in [7, 11) is 0. The van der Waals surface area contributed by atoms with Crippen molar-refractivity contribution in [2.45, 2.75) is 25.8 Å². The Morgan fingerprint density at radius 2 is 2.11 bits per heavy atom. The van der Waals surface area contributed by atoms with Gasteiger partial charge in [-0.15, -0.1) is 12.4 Å². The van der Waals surface area contributed by atoms with Gasteiger partial charge in [-0.05, 0) is 31.9 Å². The Morgan fingerprint density at radius 3 is 2.72 bits per heavy atom. The molecule has 1 aliphatic heterocycles. The number of carbonyl (C=O) groups excluding carboxylic acids is 1. The average molecular weight is 269 g/mol. The van der Waals surface area contributed by atoms with Crippen LogP contribution in [0.5, 0.6) is 0 Å². The predicted octanol–water partition coefficient (Wildman–Crippen LogP) is 2.29. The first-order chi connectivity index (χ1) is 8.27. The van der Waals surface area contributed by atoms with Crippen molar-refractivity contribution in [1.29, 1.82) is 0 Å². The molecule has 0 radical (unpaired) electrons. The summed E-state index contributed by atoms with van der Waals surface area (Å²) >= 11 is 0. The van der Waals surface area contributed by atoms with E-state index in [-0.39, 0.29) is 30.3 Å². The van der Waals surface area contributed by atoms with E-state index < -0.39 is 0 Å². The summed E-state index contributed by atoms with van der Waals surface area (Å²) in [6.45, 7) is 3.88. The summed E-state index contributed by atoms with van der Waals surface area (Å²) in [4.78, 5) is 12.0. The second kappa shape index (κ2) is 7.39. The van der Waals surface area contributed by atoms with E-state index in [9.17, 15) is 4.79 Å². The third-order valence-electron chi connectivity index (χ3n) is 3.33. The van der Waals surface area contributed by atoms with Crippen LogP contribution in [0.3, 0.4) is 0 Å². The van der Waals surface area contributed by atoms with Crippen molar-refractivity contribution < 1.29 is 4.79 Å². The highest BCUT2D eigenvalue weighted by atomic mass is 35.5. The fraction of sp³-hybridized carbons (Fsp3) is 0.500. The highest BCUT2D eigenvalue weighted by Crippen LogP contribution is 2.15. The largest absolute Gasteiger partial charge is 0.349 e. The molecule has 0 spiro atoms. The Morgan fingerprint density at radius 1 is 1.39 bits per heavy atom. The molecule has 1 aromatic rings. The maximum Gasteiger partial charge on any atom is 0.224 e. The fourth-order valence-corrected chi connectivity index (χ4v) is 2.23. The van der Waals surface area contributed by atoms with Crippen LogP contribution >= 0.6 is 12.4 Å². The van der Waals surface area contributed by atoms with E-state index in [1.165, 1.54) is 0 Å². The van der Waals surface area contributed by atoms with Crippen molar-refractivity contribution in [2.24, 2.45) is 5.92 Å². The van der Waals surface area contributed by atoms with Crippen LogP contribution in [0.4, 0.5) is 0 Å². The maximum atomic E-state index is 12.0. The molecule has 2 rings (SSSR count). The van der Waals surface area contributed by atoms with Gasteiger partial charge in [0.15, 0.2) is 0 Å². The molecule has 1 aromatic carbocycles. The minimum atomic E-state index is 0. The lowest BCUT2D eigenvalue weighted by molar-refractivity contribution is -0.126. The summed E-state index contributed by atoms with van der Waals surface area (Å²) < 4.78 is 0. The molecule has 1 saturated heterocycles. The van der Waals surface area contributed by atoms with E-state index in [1.807, 2.05) is 37.3 Å². The number of piperidine rings is 1. The molecule has 1 unspecified atom stereocenters. The van der Waals surface area contributed by atoms with E-state index in [0.29, 0.717) is 0 Å². The van der Waals surface area contributed by atoms with Crippen molar-refractivity contribution >= 4 is 18.3 Å². The molecule has 1 aliphatic rings. The van der Waals surface area contributed by atoms with Gasteiger partial charge in [-0.25, -0.2) is 0 Å². The zero-order valence-corrected chi connectivity index (χ0v) is 11.5. The number of halogens is 1. The molecule has 0 aliphatic carbocycles. The first-order valence-corrected chi connectivity index (χ1v) is 6.33. The molecule has 1 fully saturated rings. The number of hydrogen-bond donors (Lipinski definition) is 2. The number of amides is 1. The topological polar surface area (TPSA) is 41.1 Å². The van der Waals surface area contributed by atoms with E-state index in [0.717, 1.165) is 31.5 Å². The molecular formula is C14H21ClN2O. The van der Waals surface area contributed by atoms with Crippen LogP contribution in [-0.2, 0) is 4.79 Å². The second-order valence-corrected chi connectivity index (χ2v) is 4.68. The van der Waals surface area contributed by atoms with Crippen LogP contribution in [0.25, 0.3) is 0 Å². The molecule has 1 amide bonds. The van der Waals surface area contributed by atoms with Crippen molar-refractivity contribution in [3.63, 3.8) is 0 Å². The second-order valence-electron chi connectivity index (χ2n) is 4.68. The molecule has 100 valence electrons. The molecule has 2 N–H and O–H groups in total. The van der Waals surface area contributed by atoms with Gasteiger partial charge >= 0.3 is 0 Å². The normalized spacial score (nSPS) is 20.6. The lowest BCUT2D eigenvalue weighted by atomic mass is 9.98. The minimum absolute atomic E-state index is 0. The lowest BCUT2D eigenvalue weighted by Gasteiger charge is -2.24. The highest BCUT2D eigenvalue weighted by molar-refractivity contribution is 5.85. The summed E-state index contributed by atoms with van der Waals surface area (Å²) in [5.74, 6) is 0.309. The quantitative estimate of drug-likeness (QED) is 0.883. The van der Waals surface area contributed by atoms with Gasteiger partial charge in [0.1, 0.15) is 0 Å². The van der Waals surface area contributed by atoms with Crippen LogP contribution in [0.15, 0.2) is 30.3 Å². The number of rotatable bonds is 3. The van der Waals surface area contributed by atoms with Crippen molar-refractivity contribution in [1.82, 2.24) is 10.6 Å². The van der Waals surface area contributed by atoms with Gasteiger partial charge in [-0.2, -0.15) is 0 Å². The van der Waals surface area contributed by atoms with Gasteiger partial charge in [0.2, 0.25) is 5.91 Å². The van der Waals surface area contributed by atoms with E-state index >= 15 is 0 Å². The molecule has 1 heterocycles. The Hall–Kier alpha value is -1.06. The minimum Gasteiger partial charge on any atom is -0.349 e. The third kappa shape index (κ3) is 4.00. The van der Waals surface area contributed by atoms with E-state index in [2.05, 4.69) is 10.6 Å². The van der Waals surface area contributed by atoms with Crippen LogP contribution < -0.4 is 10.6 Å². The molecule has 0 bridgehead atoms. The Bertz CT molecular complexity index is 363. The first-order valence-electron chi connectivity index (χ1n) is 6.33. The summed E-state index contributed by atoms with van der Waals surface area (Å²) in [5.41, 5.74) is 1.16. The maximum absolute atomic E-state index is 12.0. The predicted molar refractivity (Wildman–Crippen MR) is 75.8 cm³/mol. The smallest absolute Gasteiger partial charge is 0.224 e. The molecule has 2 atom stereocenters. The summed E-state index contributed by atoms with van der Waals surface area (Å²) in [5, 5.41) is 6.35. The zero-order chi connectivity index (χ0) is 12.1. The molecule has 0 saturated carbocycles. The van der Waals surface area contributed by atoms with Crippen molar-refractivity contribution in [3.05, 3.63) is 35.9 Å². The standard InChI is InChI=1S/C14H20N2O.ClH/c1-11(12-6-3-2-4-7-12)16-14(17)13-8-5-9-15-10-13;/h2-4,6-7,11,13,15H,5,8-10H2,1H3,(H,16,17);1H/t11?,13-;/m1./s1. The monoisotopic (exact) mass is 268 g/mol. The number of benzene rings is 1. The fourth-order valence-electron chi connectivity index (χ4n) is 2.23. The SMILES string of the molecule is CC(NC(=O)[C@@H]1CCCNC1)c1ccccc1.Cl. The van der Waals surface area contributed by atoms with Crippen molar-refractivity contribution in [3.8, 4) is 0 Å². The van der Waals surface area contributed by atoms with Gasteiger partial charge in [-0.1, -0.05) is 30.3 Å². The number of nitrogens with one attached hydrogen (secondary N) is 2. The highest BCUT2D eigenvalue weighted by Gasteiger charge is 2.22. The van der Waals surface area contributed by atoms with E-state index in [1.54, 1.807) is 0 Å². The Kier molecular flexibility index (Phi) is 6.16. The van der Waals surface area contributed by atoms with Crippen molar-refractivity contribution in [2.75, 3.05) is 13.1 Å². The molecule has 3 nitrogen and oxygen atoms in total. The molecule has 4 heteroatoms. The van der Waals surface area contributed by atoms with Crippen LogP contribution in [0, 0.1) is 5.92 Å². The summed E-state index contributed by atoms with van der Waals surface area (Å²) in [6, 6.07) is 10.2. The molecule has 0 aromatic heterocycles. The Balaban J connectivity index is 0.00000162. The molecule has 18 heavy (non-hydrogen) atoms.